The largest absolute Gasteiger partial charge is 0.445 e. The van der Waals surface area contributed by atoms with Crippen LogP contribution in [0.3, 0.4) is 0 Å². The number of aromatic amines is 1. The lowest BCUT2D eigenvalue weighted by molar-refractivity contribution is -0.128. The average Bonchev–Trinajstić information content (AvgIpc) is 1.60. The summed E-state index contributed by atoms with van der Waals surface area (Å²) in [6.45, 7) is 12.1. The number of hydrogen-bond donors (Lipinski definition) is 8. The third-order valence-corrected chi connectivity index (χ3v) is 24.5. The monoisotopic (exact) mass is 1700 g/mol. The van der Waals surface area contributed by atoms with Gasteiger partial charge in [-0.15, -0.1) is 35.1 Å². The minimum Gasteiger partial charge on any atom is -0.445 e. The van der Waals surface area contributed by atoms with Crippen molar-refractivity contribution in [3.05, 3.63) is 231 Å². The van der Waals surface area contributed by atoms with Crippen LogP contribution < -0.4 is 52.2 Å². The number of ether oxygens (including phenoxy) is 3. The fraction of sp³-hybridized carbons (Fsp3) is 0.363. The fourth-order valence-corrected chi connectivity index (χ4v) is 17.4. The number of halogens is 1. The minimum absolute atomic E-state index is 0.0848. The Bertz CT molecular complexity index is 5270. The van der Waals surface area contributed by atoms with Crippen molar-refractivity contribution >= 4 is 138 Å². The summed E-state index contributed by atoms with van der Waals surface area (Å²) in [6, 6.07) is 33.1. The van der Waals surface area contributed by atoms with Crippen LogP contribution in [0.2, 0.25) is 0 Å². The third-order valence-electron chi connectivity index (χ3n) is 22.1. The number of thioether (sulfide) groups is 2. The first kappa shape index (κ1) is 87.5. The van der Waals surface area contributed by atoms with Crippen LogP contribution in [0.5, 0.6) is 5.75 Å². The van der Waals surface area contributed by atoms with E-state index < -0.39 is 48.2 Å². The number of morpholine rings is 1. The summed E-state index contributed by atoms with van der Waals surface area (Å²) in [4.78, 5) is 138. The van der Waals surface area contributed by atoms with Crippen molar-refractivity contribution in [3.8, 4) is 5.75 Å². The van der Waals surface area contributed by atoms with Gasteiger partial charge in [0.15, 0.2) is 0 Å². The highest BCUT2D eigenvalue weighted by molar-refractivity contribution is 8.03. The number of carbonyl (C=O) groups is 8. The van der Waals surface area contributed by atoms with Gasteiger partial charge in [0.1, 0.15) is 24.1 Å². The van der Waals surface area contributed by atoms with Gasteiger partial charge < -0.3 is 81.3 Å². The molecule has 27 nitrogen and oxygen atoms in total. The van der Waals surface area contributed by atoms with Gasteiger partial charge in [-0.2, -0.15) is 0 Å². The number of alkyl halides is 1. The Labute approximate surface area is 718 Å². The molecule has 1 aliphatic carbocycles. The lowest BCUT2D eigenvalue weighted by atomic mass is 9.95. The summed E-state index contributed by atoms with van der Waals surface area (Å²) in [6.07, 6.45) is 21.5. The number of nitrogens with one attached hydrogen (secondary N) is 7. The number of amides is 9. The van der Waals surface area contributed by atoms with Gasteiger partial charge in [0.2, 0.25) is 11.8 Å². The number of anilines is 4. The lowest BCUT2D eigenvalue weighted by Crippen LogP contribution is -2.54. The molecule has 6 aromatic carbocycles. The van der Waals surface area contributed by atoms with Gasteiger partial charge >= 0.3 is 18.2 Å². The number of H-pyrrole nitrogens is 1. The molecule has 4 atom stereocenters. The van der Waals surface area contributed by atoms with E-state index in [9.17, 15) is 38.4 Å². The number of allylic oxidation sites excluding steroid dienone is 10. The van der Waals surface area contributed by atoms with E-state index in [1.807, 2.05) is 123 Å². The maximum Gasteiger partial charge on any atom is 0.415 e. The number of nitrogens with zero attached hydrogens (tertiary/aromatic N) is 8. The van der Waals surface area contributed by atoms with E-state index in [2.05, 4.69) is 76.9 Å². The Balaban J connectivity index is 0.613. The molecule has 8 aromatic rings. The molecule has 30 heteroatoms. The van der Waals surface area contributed by atoms with E-state index in [0.29, 0.717) is 98.9 Å². The van der Waals surface area contributed by atoms with Crippen molar-refractivity contribution in [3.63, 3.8) is 0 Å². The second kappa shape index (κ2) is 42.3. The standard InChI is InChI=1S/C91H105ClN16O11S2/c1-59(2)83(94-37-38-95-84(109)62-28-34-74-76(49-62)101-79-58-121-70-20-12-10-8-6-7-9-11-19-69(51-70)120-57-78(79)100-74)87(112)102-75(23-17-36-96-89(93)114)86(111)97-65-29-24-60(25-30-65)56-118-90(115)104(4)55-68(18-15-16-39-106-44-46-117-47-45-106)105(5)91(116)119-81-52-80-82(72-22-14-13-21-71(72)81)64(53-92)54-108(80)88(113)77-50-63-48-66(31-35-73(63)99-77)98-85(110)61-26-32-67(33-27-61)107-42-40-103(3)41-43-107/h6-14,19-22,24-35,48-52,59,64,68,75,83,94,99H,15-18,23,36-47,53-58H2,1-5H3,(H,95,109)(H,97,111)(H,98,110)(H,102,112)(H3,93,96,114)/b7-6?,8-6-,9-7-,10-8?,11-9?,12-10-,19-11+,20-12?,69-19?,69-51+,70-20-,70-51?/t64-,68+,75-,83-/m1/s1. The molecule has 2 fully saturated rings. The molecule has 2 aromatic heterocycles. The average molecular weight is 1700 g/mol. The number of primary amides is 1. The highest BCUT2D eigenvalue weighted by Gasteiger charge is 2.37. The molecule has 2 saturated heterocycles. The molecule has 4 aliphatic heterocycles. The molecule has 9 amide bonds. The van der Waals surface area contributed by atoms with Crippen LogP contribution in [0.1, 0.15) is 106 Å². The SMILES string of the molecule is CC(C)[C@@H](NCCNC(=O)c1ccc2nc3c(nc2c1)CSC1=C\C=C/C=C\C=C/C=C/C(=C\1)SC3)C(=O)N[C@H](CCCNC(N)=O)C(=O)Nc1ccc(COC(=O)N(C)C[C@H](CCCCN2CCOCC2)N(C)C(=O)Oc2cc3c(c4ccccc24)[C@H](CCl)CN3C(=O)c2cc3cc(NC(=O)c4ccc(N5CCN(C)CC5)cc4)ccc3[nH]2)cc1. The summed E-state index contributed by atoms with van der Waals surface area (Å²) in [5.41, 5.74) is 14.4. The van der Waals surface area contributed by atoms with Crippen LogP contribution >= 0.6 is 35.1 Å². The molecule has 0 radical (unpaired) electrons. The molecule has 9 N–H and O–H groups in total. The molecular formula is C91H105ClN16O11S2. The lowest BCUT2D eigenvalue weighted by Gasteiger charge is -2.34. The zero-order valence-electron chi connectivity index (χ0n) is 68.8. The number of rotatable bonds is 30. The Morgan fingerprint density at radius 2 is 1.40 bits per heavy atom. The first-order valence-electron chi connectivity index (χ1n) is 41.1. The molecule has 6 heterocycles. The maximum atomic E-state index is 14.9. The highest BCUT2D eigenvalue weighted by atomic mass is 35.5. The zero-order valence-corrected chi connectivity index (χ0v) is 71.2. The second-order valence-electron chi connectivity index (χ2n) is 31.1. The summed E-state index contributed by atoms with van der Waals surface area (Å²) >= 11 is 10.1. The predicted octanol–water partition coefficient (Wildman–Crippen LogP) is 13.2. The Hall–Kier alpha value is -11.3. The number of unbranched alkanes of at least 4 members (excludes halogenated alkanes) is 1. The van der Waals surface area contributed by atoms with Crippen LogP contribution in [0.25, 0.3) is 32.7 Å². The first-order chi connectivity index (χ1) is 58.7. The number of piperazine rings is 1. The zero-order chi connectivity index (χ0) is 84.9. The second-order valence-corrected chi connectivity index (χ2v) is 33.5. The molecule has 13 rings (SSSR count). The van der Waals surface area contributed by atoms with Gasteiger partial charge in [-0.1, -0.05) is 99.2 Å². The Morgan fingerprint density at radius 1 is 0.686 bits per heavy atom. The number of nitrogens with two attached hydrogens (primary N) is 1. The number of carbonyl (C=O) groups excluding carboxylic acids is 8. The van der Waals surface area contributed by atoms with Crippen molar-refractivity contribution in [1.29, 1.82) is 0 Å². The Morgan fingerprint density at radius 3 is 2.14 bits per heavy atom. The van der Waals surface area contributed by atoms with E-state index in [1.54, 1.807) is 97.1 Å². The highest BCUT2D eigenvalue weighted by Crippen LogP contribution is 2.47. The number of fused-ring (bicyclic) bond motifs is 7. The van der Waals surface area contributed by atoms with E-state index in [0.717, 1.165) is 102 Å². The van der Waals surface area contributed by atoms with Crippen LogP contribution in [0, 0.1) is 5.92 Å². The molecule has 0 spiro atoms. The number of hydrogen-bond acceptors (Lipinski definition) is 19. The van der Waals surface area contributed by atoms with Gasteiger partial charge in [0, 0.05) is 170 Å². The quantitative estimate of drug-likeness (QED) is 0.0153. The normalized spacial score (nSPS) is 18.3. The fourth-order valence-electron chi connectivity index (χ4n) is 15.2. The van der Waals surface area contributed by atoms with Gasteiger partial charge in [0.25, 0.3) is 17.7 Å². The van der Waals surface area contributed by atoms with Crippen LogP contribution in [-0.4, -0.2) is 219 Å². The molecule has 0 saturated carbocycles. The molecule has 5 aliphatic rings. The van der Waals surface area contributed by atoms with Crippen LogP contribution in [0.15, 0.2) is 192 Å². The Kier molecular flexibility index (Phi) is 30.6. The number of aromatic nitrogens is 3. The van der Waals surface area contributed by atoms with Crippen molar-refractivity contribution in [2.24, 2.45) is 11.7 Å². The molecule has 0 unspecified atom stereocenters. The molecule has 634 valence electrons. The van der Waals surface area contributed by atoms with Crippen molar-refractivity contribution in [1.82, 2.24) is 55.8 Å². The van der Waals surface area contributed by atoms with E-state index in [1.165, 1.54) is 9.80 Å². The first-order valence-corrected chi connectivity index (χ1v) is 43.6. The minimum atomic E-state index is -1.04. The van der Waals surface area contributed by atoms with Gasteiger partial charge in [-0.05, 0) is 159 Å². The maximum absolute atomic E-state index is 14.9. The smallest absolute Gasteiger partial charge is 0.415 e. The predicted molar refractivity (Wildman–Crippen MR) is 481 cm³/mol. The van der Waals surface area contributed by atoms with Crippen molar-refractivity contribution in [2.45, 2.75) is 88.1 Å². The number of urea groups is 1. The summed E-state index contributed by atoms with van der Waals surface area (Å²) in [5, 5.41) is 19.8. The number of benzene rings is 6. The van der Waals surface area contributed by atoms with Gasteiger partial charge in [0.05, 0.1) is 53.4 Å². The summed E-state index contributed by atoms with van der Waals surface area (Å²) in [7, 11) is 5.38. The molecule has 121 heavy (non-hydrogen) atoms. The summed E-state index contributed by atoms with van der Waals surface area (Å²) < 4.78 is 17.9. The topological polar surface area (TPSA) is 323 Å². The molecular weight excluding hydrogens is 1590 g/mol. The third kappa shape index (κ3) is 23.5. The van der Waals surface area contributed by atoms with Crippen LogP contribution in [0.4, 0.5) is 37.1 Å². The number of likely N-dealkylation sites (N-methyl/N-ethyl adjacent to an activating group) is 3. The van der Waals surface area contributed by atoms with Gasteiger partial charge in [-0.25, -0.2) is 24.4 Å². The van der Waals surface area contributed by atoms with E-state index in [-0.39, 0.29) is 86.9 Å². The van der Waals surface area contributed by atoms with E-state index >= 15 is 0 Å². The van der Waals surface area contributed by atoms with Gasteiger partial charge in [-0.3, -0.25) is 28.9 Å². The van der Waals surface area contributed by atoms with Crippen molar-refractivity contribution in [2.75, 3.05) is 139 Å². The summed E-state index contributed by atoms with van der Waals surface area (Å²) in [5.74, 6) is -0.670. The van der Waals surface area contributed by atoms with Crippen LogP contribution in [-0.2, 0) is 37.2 Å². The van der Waals surface area contributed by atoms with E-state index in [4.69, 9.17) is 41.5 Å². The molecule has 2 bridgehead atoms. The van der Waals surface area contributed by atoms with Crippen molar-refractivity contribution < 1.29 is 52.6 Å².